The lowest BCUT2D eigenvalue weighted by molar-refractivity contribution is 0.0972. The van der Waals surface area contributed by atoms with Gasteiger partial charge in [0.15, 0.2) is 5.78 Å². The lowest BCUT2D eigenvalue weighted by atomic mass is 9.97. The first kappa shape index (κ1) is 12.2. The number of hydrogen-bond donors (Lipinski definition) is 0. The van der Waals surface area contributed by atoms with E-state index in [-0.39, 0.29) is 0 Å². The third-order valence-electron chi connectivity index (χ3n) is 3.86. The van der Waals surface area contributed by atoms with Gasteiger partial charge >= 0.3 is 0 Å². The van der Waals surface area contributed by atoms with Crippen LogP contribution in [0.15, 0.2) is 18.5 Å². The van der Waals surface area contributed by atoms with Crippen molar-refractivity contribution in [1.29, 1.82) is 0 Å². The van der Waals surface area contributed by atoms with Crippen molar-refractivity contribution in [2.75, 3.05) is 0 Å². The monoisotopic (exact) mass is 257 g/mol. The highest BCUT2D eigenvalue weighted by molar-refractivity contribution is 5.98. The fourth-order valence-electron chi connectivity index (χ4n) is 2.93. The van der Waals surface area contributed by atoms with Crippen molar-refractivity contribution in [2.24, 2.45) is 7.05 Å². The van der Waals surface area contributed by atoms with Crippen molar-refractivity contribution in [2.45, 2.75) is 39.2 Å². The maximum atomic E-state index is 11.8. The molecule has 4 nitrogen and oxygen atoms in total. The number of Topliss-reactive ketones (excluding diaryl/α,β-unsaturated/α-hetero) is 1. The zero-order valence-corrected chi connectivity index (χ0v) is 11.5. The van der Waals surface area contributed by atoms with Crippen molar-refractivity contribution in [1.82, 2.24) is 14.3 Å². The lowest BCUT2D eigenvalue weighted by Crippen LogP contribution is -2.13. The summed E-state index contributed by atoms with van der Waals surface area (Å²) in [4.78, 5) is 11.8. The van der Waals surface area contributed by atoms with Gasteiger partial charge in [0, 0.05) is 42.7 Å². The topological polar surface area (TPSA) is 39.8 Å². The maximum absolute atomic E-state index is 11.8. The van der Waals surface area contributed by atoms with E-state index in [1.54, 1.807) is 0 Å². The van der Waals surface area contributed by atoms with Gasteiger partial charge in [0.2, 0.25) is 0 Å². The second-order valence-electron chi connectivity index (χ2n) is 5.21. The van der Waals surface area contributed by atoms with Crippen molar-refractivity contribution >= 4 is 5.78 Å². The molecule has 0 unspecified atom stereocenters. The molecule has 0 aromatic carbocycles. The predicted molar refractivity (Wildman–Crippen MR) is 73.4 cm³/mol. The molecule has 2 heterocycles. The van der Waals surface area contributed by atoms with E-state index < -0.39 is 0 Å². The molecule has 0 aliphatic heterocycles. The molecule has 0 fully saturated rings. The Labute approximate surface area is 113 Å². The minimum atomic E-state index is 0.293. The van der Waals surface area contributed by atoms with Gasteiger partial charge < -0.3 is 4.57 Å². The number of hydrogen-bond acceptors (Lipinski definition) is 2. The molecule has 0 spiro atoms. The Hall–Kier alpha value is -1.84. The number of rotatable bonds is 3. The molecule has 0 amide bonds. The van der Waals surface area contributed by atoms with Crippen LogP contribution in [0.3, 0.4) is 0 Å². The van der Waals surface area contributed by atoms with Crippen LogP contribution in [0, 0.1) is 0 Å². The van der Waals surface area contributed by atoms with E-state index in [0.29, 0.717) is 12.2 Å². The van der Waals surface area contributed by atoms with Gasteiger partial charge in [-0.2, -0.15) is 5.10 Å². The van der Waals surface area contributed by atoms with Crippen LogP contribution in [-0.2, 0) is 26.4 Å². The van der Waals surface area contributed by atoms with E-state index in [2.05, 4.69) is 22.8 Å². The molecule has 0 N–H and O–H groups in total. The third kappa shape index (κ3) is 2.11. The largest absolute Gasteiger partial charge is 0.346 e. The molecule has 0 bridgehead atoms. The van der Waals surface area contributed by atoms with Gasteiger partial charge in [0.05, 0.1) is 12.2 Å². The number of aromatic nitrogens is 3. The first-order valence-electron chi connectivity index (χ1n) is 6.91. The standard InChI is InChI=1S/C15H19N3O/c1-3-13-11(9-17(2)16-13)10-18-8-7-12-14(18)5-4-6-15(12)19/h7-9H,3-6,10H2,1-2H3. The van der Waals surface area contributed by atoms with Crippen molar-refractivity contribution in [3.63, 3.8) is 0 Å². The second-order valence-corrected chi connectivity index (χ2v) is 5.21. The van der Waals surface area contributed by atoms with Gasteiger partial charge in [-0.15, -0.1) is 0 Å². The van der Waals surface area contributed by atoms with Crippen LogP contribution in [0.25, 0.3) is 0 Å². The molecular weight excluding hydrogens is 238 g/mol. The molecule has 0 radical (unpaired) electrons. The van der Waals surface area contributed by atoms with Gasteiger partial charge in [-0.05, 0) is 25.3 Å². The van der Waals surface area contributed by atoms with E-state index in [9.17, 15) is 4.79 Å². The molecule has 2 aromatic rings. The number of carbonyl (C=O) groups is 1. The SMILES string of the molecule is CCc1nn(C)cc1Cn1ccc2c1CCCC2=O. The molecule has 2 aromatic heterocycles. The average Bonchev–Trinajstić information content (AvgIpc) is 2.95. The molecule has 0 atom stereocenters. The summed E-state index contributed by atoms with van der Waals surface area (Å²) in [6, 6.07) is 1.97. The molecular formula is C15H19N3O. The minimum absolute atomic E-state index is 0.293. The predicted octanol–water partition coefficient (Wildman–Crippen LogP) is 2.35. The van der Waals surface area contributed by atoms with E-state index in [1.165, 1.54) is 11.3 Å². The van der Waals surface area contributed by atoms with Gasteiger partial charge in [0.1, 0.15) is 0 Å². The summed E-state index contributed by atoms with van der Waals surface area (Å²) in [5, 5.41) is 4.47. The molecule has 19 heavy (non-hydrogen) atoms. The van der Waals surface area contributed by atoms with Gasteiger partial charge in [-0.3, -0.25) is 9.48 Å². The summed E-state index contributed by atoms with van der Waals surface area (Å²) in [6.07, 6.45) is 7.75. The Morgan fingerprint density at radius 2 is 2.21 bits per heavy atom. The first-order chi connectivity index (χ1) is 9.19. The summed E-state index contributed by atoms with van der Waals surface area (Å²) < 4.78 is 4.08. The molecule has 3 rings (SSSR count). The normalized spacial score (nSPS) is 14.7. The molecule has 1 aliphatic rings. The summed E-state index contributed by atoms with van der Waals surface area (Å²) >= 11 is 0. The van der Waals surface area contributed by atoms with Crippen LogP contribution in [-0.4, -0.2) is 20.1 Å². The maximum Gasteiger partial charge on any atom is 0.164 e. The molecule has 0 saturated heterocycles. The average molecular weight is 257 g/mol. The Kier molecular flexibility index (Phi) is 3.01. The highest BCUT2D eigenvalue weighted by Gasteiger charge is 2.21. The van der Waals surface area contributed by atoms with Crippen molar-refractivity contribution in [3.8, 4) is 0 Å². The van der Waals surface area contributed by atoms with Gasteiger partial charge in [0.25, 0.3) is 0 Å². The van der Waals surface area contributed by atoms with Gasteiger partial charge in [-0.25, -0.2) is 0 Å². The van der Waals surface area contributed by atoms with E-state index in [0.717, 1.165) is 37.1 Å². The van der Waals surface area contributed by atoms with Crippen LogP contribution < -0.4 is 0 Å². The first-order valence-corrected chi connectivity index (χ1v) is 6.91. The third-order valence-corrected chi connectivity index (χ3v) is 3.86. The lowest BCUT2D eigenvalue weighted by Gasteiger charge is -2.14. The number of aryl methyl sites for hydroxylation is 2. The highest BCUT2D eigenvalue weighted by atomic mass is 16.1. The fraction of sp³-hybridized carbons (Fsp3) is 0.467. The summed E-state index contributed by atoms with van der Waals surface area (Å²) in [7, 11) is 1.96. The second kappa shape index (κ2) is 4.68. The van der Waals surface area contributed by atoms with E-state index in [4.69, 9.17) is 0 Å². The summed E-state index contributed by atoms with van der Waals surface area (Å²) in [5.74, 6) is 0.293. The smallest absolute Gasteiger partial charge is 0.164 e. The Balaban J connectivity index is 1.93. The van der Waals surface area contributed by atoms with Crippen LogP contribution in [0.1, 0.15) is 47.1 Å². The fourth-order valence-corrected chi connectivity index (χ4v) is 2.93. The number of nitrogens with zero attached hydrogens (tertiary/aromatic N) is 3. The number of fused-ring (bicyclic) bond motifs is 1. The molecule has 4 heteroatoms. The summed E-state index contributed by atoms with van der Waals surface area (Å²) in [5.41, 5.74) is 4.52. The van der Waals surface area contributed by atoms with Gasteiger partial charge in [-0.1, -0.05) is 6.92 Å². The Bertz CT molecular complexity index is 621. The molecule has 100 valence electrons. The highest BCUT2D eigenvalue weighted by Crippen LogP contribution is 2.23. The quantitative estimate of drug-likeness (QED) is 0.846. The Morgan fingerprint density at radius 1 is 1.37 bits per heavy atom. The van der Waals surface area contributed by atoms with Crippen molar-refractivity contribution < 1.29 is 4.79 Å². The van der Waals surface area contributed by atoms with E-state index in [1.807, 2.05) is 24.0 Å². The molecule has 1 aliphatic carbocycles. The molecule has 0 saturated carbocycles. The van der Waals surface area contributed by atoms with Crippen LogP contribution in [0.2, 0.25) is 0 Å². The van der Waals surface area contributed by atoms with Crippen LogP contribution in [0.5, 0.6) is 0 Å². The zero-order valence-electron chi connectivity index (χ0n) is 11.5. The summed E-state index contributed by atoms with van der Waals surface area (Å²) in [6.45, 7) is 2.94. The van der Waals surface area contributed by atoms with E-state index >= 15 is 0 Å². The van der Waals surface area contributed by atoms with Crippen LogP contribution in [0.4, 0.5) is 0 Å². The number of carbonyl (C=O) groups excluding carboxylic acids is 1. The van der Waals surface area contributed by atoms with Crippen LogP contribution >= 0.6 is 0 Å². The number of ketones is 1. The Morgan fingerprint density at radius 3 is 3.00 bits per heavy atom. The zero-order chi connectivity index (χ0) is 13.4. The van der Waals surface area contributed by atoms with Crippen molar-refractivity contribution in [3.05, 3.63) is 41.0 Å². The minimum Gasteiger partial charge on any atom is -0.346 e.